The molecule has 7 heteroatoms. The summed E-state index contributed by atoms with van der Waals surface area (Å²) in [7, 11) is 0. The van der Waals surface area contributed by atoms with Gasteiger partial charge in [0.2, 0.25) is 0 Å². The Bertz CT molecular complexity index is 915. The molecule has 0 atom stereocenters. The smallest absolute Gasteiger partial charge is 0.413 e. The predicted octanol–water partition coefficient (Wildman–Crippen LogP) is 4.10. The highest BCUT2D eigenvalue weighted by molar-refractivity contribution is 5.84. The highest BCUT2D eigenvalue weighted by atomic mass is 16.6. The molecule has 3 rings (SSSR count). The molecule has 27 heavy (non-hydrogen) atoms. The average molecular weight is 367 g/mol. The number of carbonyl (C=O) groups is 1. The van der Waals surface area contributed by atoms with Crippen molar-refractivity contribution in [1.29, 1.82) is 0 Å². The fraction of sp³-hybridized carbons (Fsp3) is 0.350. The molecule has 1 aromatic carbocycles. The molecule has 0 bridgehead atoms. The third kappa shape index (κ3) is 4.75. The first kappa shape index (κ1) is 18.7. The summed E-state index contributed by atoms with van der Waals surface area (Å²) in [6.07, 6.45) is 1.13. The summed E-state index contributed by atoms with van der Waals surface area (Å²) in [5.74, 6) is 1.28. The van der Waals surface area contributed by atoms with Gasteiger partial charge >= 0.3 is 6.09 Å². The molecule has 0 saturated heterocycles. The Morgan fingerprint density at radius 2 is 1.96 bits per heavy atom. The summed E-state index contributed by atoms with van der Waals surface area (Å²) in [5.41, 5.74) is 1.27. The Hall–Kier alpha value is -3.09. The molecule has 0 unspecified atom stereocenters. The van der Waals surface area contributed by atoms with Crippen molar-refractivity contribution in [3.63, 3.8) is 0 Å². The van der Waals surface area contributed by atoms with E-state index in [1.165, 1.54) is 5.56 Å². The van der Waals surface area contributed by atoms with Crippen LogP contribution >= 0.6 is 0 Å². The summed E-state index contributed by atoms with van der Waals surface area (Å²) in [6.45, 7) is 9.05. The van der Waals surface area contributed by atoms with Gasteiger partial charge in [0, 0.05) is 25.2 Å². The molecular formula is C20H25N5O2. The van der Waals surface area contributed by atoms with Gasteiger partial charge in [-0.15, -0.1) is 0 Å². The zero-order chi connectivity index (χ0) is 19.4. The molecule has 0 radical (unpaired) electrons. The number of anilines is 2. The topological polar surface area (TPSA) is 71.8 Å². The van der Waals surface area contributed by atoms with Gasteiger partial charge in [0.1, 0.15) is 17.2 Å². The molecule has 7 nitrogen and oxygen atoms in total. The van der Waals surface area contributed by atoms with Gasteiger partial charge in [-0.1, -0.05) is 30.3 Å². The lowest BCUT2D eigenvalue weighted by Crippen LogP contribution is -2.28. The Morgan fingerprint density at radius 1 is 1.22 bits per heavy atom. The van der Waals surface area contributed by atoms with Crippen LogP contribution in [-0.4, -0.2) is 32.8 Å². The number of nitrogens with zero attached hydrogens (tertiary/aromatic N) is 4. The molecule has 142 valence electrons. The van der Waals surface area contributed by atoms with E-state index in [4.69, 9.17) is 4.74 Å². The quantitative estimate of drug-likeness (QED) is 0.735. The van der Waals surface area contributed by atoms with Crippen molar-refractivity contribution in [3.8, 4) is 0 Å². The van der Waals surface area contributed by atoms with Gasteiger partial charge in [-0.05, 0) is 33.3 Å². The fourth-order valence-corrected chi connectivity index (χ4v) is 2.72. The van der Waals surface area contributed by atoms with E-state index in [1.807, 2.05) is 45.0 Å². The number of hydrogen-bond donors (Lipinski definition) is 1. The second kappa shape index (κ2) is 7.65. The molecule has 2 aromatic heterocycles. The largest absolute Gasteiger partial charge is 0.444 e. The number of aromatic nitrogens is 3. The van der Waals surface area contributed by atoms with E-state index < -0.39 is 11.7 Å². The first-order valence-corrected chi connectivity index (χ1v) is 8.99. The lowest BCUT2D eigenvalue weighted by molar-refractivity contribution is 0.0635. The average Bonchev–Trinajstić information content (AvgIpc) is 3.07. The number of fused-ring (bicyclic) bond motifs is 1. The summed E-state index contributed by atoms with van der Waals surface area (Å²) in [5, 5.41) is 7.03. The van der Waals surface area contributed by atoms with Crippen molar-refractivity contribution in [3.05, 3.63) is 54.2 Å². The monoisotopic (exact) mass is 367 g/mol. The van der Waals surface area contributed by atoms with Crippen molar-refractivity contribution in [2.45, 2.75) is 39.8 Å². The van der Waals surface area contributed by atoms with Crippen LogP contribution in [-0.2, 0) is 11.3 Å². The Morgan fingerprint density at radius 3 is 2.63 bits per heavy atom. The van der Waals surface area contributed by atoms with Crippen molar-refractivity contribution in [2.75, 3.05) is 16.8 Å². The van der Waals surface area contributed by atoms with Crippen LogP contribution in [0.25, 0.3) is 5.65 Å². The van der Waals surface area contributed by atoms with E-state index in [0.717, 1.165) is 18.9 Å². The third-order valence-electron chi connectivity index (χ3n) is 3.90. The molecule has 0 spiro atoms. The molecule has 3 aromatic rings. The summed E-state index contributed by atoms with van der Waals surface area (Å²) >= 11 is 0. The zero-order valence-corrected chi connectivity index (χ0v) is 16.1. The second-order valence-corrected chi connectivity index (χ2v) is 7.23. The highest BCUT2D eigenvalue weighted by Gasteiger charge is 2.19. The van der Waals surface area contributed by atoms with Gasteiger partial charge < -0.3 is 9.64 Å². The Labute approximate surface area is 159 Å². The molecule has 0 aliphatic carbocycles. The number of hydrogen-bond acceptors (Lipinski definition) is 5. The minimum atomic E-state index is -0.577. The zero-order valence-electron chi connectivity index (χ0n) is 16.1. The van der Waals surface area contributed by atoms with Crippen LogP contribution in [0.5, 0.6) is 0 Å². The van der Waals surface area contributed by atoms with Gasteiger partial charge in [-0.3, -0.25) is 5.32 Å². The van der Waals surface area contributed by atoms with Gasteiger partial charge in [0.15, 0.2) is 5.65 Å². The third-order valence-corrected chi connectivity index (χ3v) is 3.90. The molecule has 0 aliphatic heterocycles. The van der Waals surface area contributed by atoms with E-state index in [1.54, 1.807) is 16.8 Å². The number of rotatable bonds is 5. The van der Waals surface area contributed by atoms with Crippen LogP contribution in [0.3, 0.4) is 0 Å². The van der Waals surface area contributed by atoms with Gasteiger partial charge in [-0.25, -0.2) is 9.78 Å². The van der Waals surface area contributed by atoms with Crippen molar-refractivity contribution in [2.24, 2.45) is 0 Å². The SMILES string of the molecule is CCN(Cc1ccccc1)c1cc(NC(=O)OC(C)(C)C)n2nccc2n1. The van der Waals surface area contributed by atoms with Crippen LogP contribution in [0.2, 0.25) is 0 Å². The van der Waals surface area contributed by atoms with Crippen LogP contribution in [0, 0.1) is 0 Å². The maximum Gasteiger partial charge on any atom is 0.413 e. The summed E-state index contributed by atoms with van der Waals surface area (Å²) < 4.78 is 6.95. The van der Waals surface area contributed by atoms with Crippen LogP contribution in [0.1, 0.15) is 33.3 Å². The van der Waals surface area contributed by atoms with Crippen LogP contribution in [0.15, 0.2) is 48.7 Å². The molecule has 1 amide bonds. The standard InChI is InChI=1S/C20H25N5O2/c1-5-24(14-15-9-7-6-8-10-15)17-13-18(23-19(26)27-20(2,3)4)25-16(22-17)11-12-21-25/h6-13H,5,14H2,1-4H3,(H,23,26). The minimum Gasteiger partial charge on any atom is -0.444 e. The van der Waals surface area contributed by atoms with E-state index in [0.29, 0.717) is 11.5 Å². The molecule has 1 N–H and O–H groups in total. The van der Waals surface area contributed by atoms with E-state index >= 15 is 0 Å². The van der Waals surface area contributed by atoms with Crippen LogP contribution < -0.4 is 10.2 Å². The second-order valence-electron chi connectivity index (χ2n) is 7.23. The van der Waals surface area contributed by atoms with E-state index in [2.05, 4.69) is 39.4 Å². The minimum absolute atomic E-state index is 0.515. The maximum absolute atomic E-state index is 12.2. The van der Waals surface area contributed by atoms with E-state index in [-0.39, 0.29) is 0 Å². The number of ether oxygens (including phenoxy) is 1. The van der Waals surface area contributed by atoms with E-state index in [9.17, 15) is 4.79 Å². The lowest BCUT2D eigenvalue weighted by Gasteiger charge is -2.23. The first-order chi connectivity index (χ1) is 12.9. The van der Waals surface area contributed by atoms with Crippen LogP contribution in [0.4, 0.5) is 16.4 Å². The lowest BCUT2D eigenvalue weighted by atomic mass is 10.2. The van der Waals surface area contributed by atoms with Gasteiger partial charge in [0.05, 0.1) is 6.20 Å². The normalized spacial score (nSPS) is 11.4. The van der Waals surface area contributed by atoms with Crippen molar-refractivity contribution < 1.29 is 9.53 Å². The predicted molar refractivity (Wildman–Crippen MR) is 106 cm³/mol. The van der Waals surface area contributed by atoms with Crippen molar-refractivity contribution >= 4 is 23.4 Å². The number of nitrogens with one attached hydrogen (secondary N) is 1. The van der Waals surface area contributed by atoms with Gasteiger partial charge in [0.25, 0.3) is 0 Å². The first-order valence-electron chi connectivity index (χ1n) is 8.99. The Balaban J connectivity index is 1.90. The number of carbonyl (C=O) groups excluding carboxylic acids is 1. The molecule has 0 saturated carbocycles. The summed E-state index contributed by atoms with van der Waals surface area (Å²) in [4.78, 5) is 19.0. The number of benzene rings is 1. The molecule has 2 heterocycles. The molecule has 0 aliphatic rings. The summed E-state index contributed by atoms with van der Waals surface area (Å²) in [6, 6.07) is 13.8. The maximum atomic E-state index is 12.2. The molecule has 0 fully saturated rings. The van der Waals surface area contributed by atoms with Crippen molar-refractivity contribution in [1.82, 2.24) is 14.6 Å². The Kier molecular flexibility index (Phi) is 5.30. The molecular weight excluding hydrogens is 342 g/mol. The highest BCUT2D eigenvalue weighted by Crippen LogP contribution is 2.22. The van der Waals surface area contributed by atoms with Gasteiger partial charge in [-0.2, -0.15) is 9.61 Å². The fourth-order valence-electron chi connectivity index (χ4n) is 2.72. The number of amides is 1.